The van der Waals surface area contributed by atoms with E-state index in [1.807, 2.05) is 6.07 Å². The van der Waals surface area contributed by atoms with E-state index in [0.717, 1.165) is 12.0 Å². The van der Waals surface area contributed by atoms with E-state index in [1.165, 1.54) is 25.5 Å². The zero-order valence-corrected chi connectivity index (χ0v) is 14.8. The second-order valence-corrected chi connectivity index (χ2v) is 6.91. The average molecular weight is 347 g/mol. The summed E-state index contributed by atoms with van der Waals surface area (Å²) in [6, 6.07) is 13.8. The first kappa shape index (κ1) is 18.0. The van der Waals surface area contributed by atoms with E-state index in [-0.39, 0.29) is 4.90 Å². The van der Waals surface area contributed by atoms with Crippen LogP contribution in [0, 0.1) is 0 Å². The molecule has 2 aromatic rings. The minimum absolute atomic E-state index is 0.0757. The van der Waals surface area contributed by atoms with Crippen molar-refractivity contribution in [3.05, 3.63) is 59.7 Å². The first-order chi connectivity index (χ1) is 11.5. The van der Waals surface area contributed by atoms with Crippen molar-refractivity contribution < 1.29 is 17.4 Å². The molecule has 0 saturated heterocycles. The lowest BCUT2D eigenvalue weighted by molar-refractivity contribution is 0.340. The summed E-state index contributed by atoms with van der Waals surface area (Å²) >= 11 is 0. The summed E-state index contributed by atoms with van der Waals surface area (Å²) in [6.07, 6.45) is 2.30. The number of hydrogen-bond acceptors (Lipinski definition) is 5. The second-order valence-electron chi connectivity index (χ2n) is 5.38. The van der Waals surface area contributed by atoms with Gasteiger partial charge in [0, 0.05) is 5.56 Å². The van der Waals surface area contributed by atoms with Gasteiger partial charge in [0.1, 0.15) is 10.6 Å². The lowest BCUT2D eigenvalue weighted by Crippen LogP contribution is -2.03. The van der Waals surface area contributed by atoms with Crippen LogP contribution in [0.25, 0.3) is 0 Å². The molecular formula is C18H21NO4S. The molecule has 0 spiro atoms. The molecule has 1 unspecified atom stereocenters. The van der Waals surface area contributed by atoms with Crippen molar-refractivity contribution in [3.63, 3.8) is 0 Å². The van der Waals surface area contributed by atoms with Gasteiger partial charge in [-0.2, -0.15) is 8.42 Å². The largest absolute Gasteiger partial charge is 0.496 e. The van der Waals surface area contributed by atoms with Crippen molar-refractivity contribution in [3.8, 4) is 5.75 Å². The molecule has 0 N–H and O–H groups in total. The fourth-order valence-electron chi connectivity index (χ4n) is 2.15. The molecule has 128 valence electrons. The van der Waals surface area contributed by atoms with Gasteiger partial charge in [-0.25, -0.2) is 0 Å². The highest BCUT2D eigenvalue weighted by molar-refractivity contribution is 7.86. The first-order valence-electron chi connectivity index (χ1n) is 7.68. The van der Waals surface area contributed by atoms with E-state index in [4.69, 9.17) is 9.02 Å². The number of ether oxygens (including phenoxy) is 1. The fraction of sp³-hybridized carbons (Fsp3) is 0.278. The summed E-state index contributed by atoms with van der Waals surface area (Å²) in [6.45, 7) is 4.18. The summed E-state index contributed by atoms with van der Waals surface area (Å²) in [5.41, 5.74) is 1.72. The maximum atomic E-state index is 12.2. The van der Waals surface area contributed by atoms with Gasteiger partial charge < -0.3 is 4.74 Å². The van der Waals surface area contributed by atoms with E-state index in [9.17, 15) is 8.42 Å². The summed E-state index contributed by atoms with van der Waals surface area (Å²) in [5.74, 6) is 0.964. The molecule has 0 fully saturated rings. The van der Waals surface area contributed by atoms with Gasteiger partial charge in [0.15, 0.2) is 0 Å². The van der Waals surface area contributed by atoms with Gasteiger partial charge in [-0.3, -0.25) is 4.28 Å². The van der Waals surface area contributed by atoms with Crippen molar-refractivity contribution in [1.29, 1.82) is 0 Å². The summed E-state index contributed by atoms with van der Waals surface area (Å²) in [5, 5.41) is 3.58. The van der Waals surface area contributed by atoms with Crippen molar-refractivity contribution in [2.24, 2.45) is 5.16 Å². The third kappa shape index (κ3) is 4.35. The Kier molecular flexibility index (Phi) is 5.98. The predicted octanol–water partition coefficient (Wildman–Crippen LogP) is 3.95. The smallest absolute Gasteiger partial charge is 0.358 e. The van der Waals surface area contributed by atoms with Gasteiger partial charge in [0.2, 0.25) is 0 Å². The van der Waals surface area contributed by atoms with Gasteiger partial charge in [-0.15, -0.1) is 0 Å². The highest BCUT2D eigenvalue weighted by Gasteiger charge is 2.16. The summed E-state index contributed by atoms with van der Waals surface area (Å²) in [7, 11) is -2.41. The molecule has 0 aliphatic rings. The van der Waals surface area contributed by atoms with Crippen molar-refractivity contribution in [2.45, 2.75) is 31.1 Å². The van der Waals surface area contributed by atoms with Crippen LogP contribution in [-0.2, 0) is 14.4 Å². The van der Waals surface area contributed by atoms with Crippen LogP contribution in [0.3, 0.4) is 0 Å². The Morgan fingerprint density at radius 2 is 1.79 bits per heavy atom. The van der Waals surface area contributed by atoms with Crippen LogP contribution in [0.15, 0.2) is 58.6 Å². The van der Waals surface area contributed by atoms with E-state index in [1.54, 1.807) is 30.3 Å². The van der Waals surface area contributed by atoms with Crippen LogP contribution in [0.1, 0.15) is 37.3 Å². The van der Waals surface area contributed by atoms with E-state index >= 15 is 0 Å². The third-order valence-electron chi connectivity index (χ3n) is 3.82. The van der Waals surface area contributed by atoms with E-state index in [0.29, 0.717) is 17.2 Å². The number of oxime groups is 1. The molecule has 0 bridgehead atoms. The maximum absolute atomic E-state index is 12.2. The SMILES string of the molecule is CCC(C)c1ccc(S(=O)(=O)O/N=C\c2ccccc2OC)cc1. The van der Waals surface area contributed by atoms with E-state index < -0.39 is 10.1 Å². The van der Waals surface area contributed by atoms with Crippen LogP contribution in [0.2, 0.25) is 0 Å². The first-order valence-corrected chi connectivity index (χ1v) is 9.08. The number of para-hydroxylation sites is 1. The van der Waals surface area contributed by atoms with Gasteiger partial charge in [-0.05, 0) is 42.2 Å². The average Bonchev–Trinajstić information content (AvgIpc) is 2.61. The summed E-state index contributed by atoms with van der Waals surface area (Å²) < 4.78 is 34.2. The molecule has 0 saturated carbocycles. The molecule has 0 amide bonds. The zero-order valence-electron chi connectivity index (χ0n) is 14.0. The highest BCUT2D eigenvalue weighted by atomic mass is 32.2. The number of methoxy groups -OCH3 is 1. The third-order valence-corrected chi connectivity index (χ3v) is 4.95. The lowest BCUT2D eigenvalue weighted by atomic mass is 9.99. The predicted molar refractivity (Wildman–Crippen MR) is 94.0 cm³/mol. The van der Waals surface area contributed by atoms with Crippen LogP contribution in [-0.4, -0.2) is 21.7 Å². The molecule has 0 aromatic heterocycles. The van der Waals surface area contributed by atoms with Gasteiger partial charge in [-0.1, -0.05) is 43.3 Å². The lowest BCUT2D eigenvalue weighted by Gasteiger charge is -2.09. The Balaban J connectivity index is 2.12. The molecule has 2 rings (SSSR count). The molecule has 0 heterocycles. The number of rotatable bonds is 7. The molecule has 0 aliphatic carbocycles. The Morgan fingerprint density at radius 1 is 1.12 bits per heavy atom. The number of hydrogen-bond donors (Lipinski definition) is 0. The Hall–Kier alpha value is -2.34. The molecule has 1 atom stereocenters. The van der Waals surface area contributed by atoms with Crippen molar-refractivity contribution in [2.75, 3.05) is 7.11 Å². The Labute approximate surface area is 143 Å². The molecule has 24 heavy (non-hydrogen) atoms. The Bertz CT molecular complexity index is 798. The molecule has 0 radical (unpaired) electrons. The minimum Gasteiger partial charge on any atom is -0.496 e. The van der Waals surface area contributed by atoms with Crippen LogP contribution < -0.4 is 4.74 Å². The molecular weight excluding hydrogens is 326 g/mol. The van der Waals surface area contributed by atoms with Crippen LogP contribution in [0.5, 0.6) is 5.75 Å². The topological polar surface area (TPSA) is 65.0 Å². The minimum atomic E-state index is -3.94. The number of benzene rings is 2. The standard InChI is InChI=1S/C18H21NO4S/c1-4-14(2)15-9-11-17(12-10-15)24(20,21)23-19-13-16-7-5-6-8-18(16)22-3/h5-14H,4H2,1-3H3/b19-13-. The van der Waals surface area contributed by atoms with Crippen LogP contribution in [0.4, 0.5) is 0 Å². The normalized spacial score (nSPS) is 13.0. The van der Waals surface area contributed by atoms with Crippen LogP contribution >= 0.6 is 0 Å². The van der Waals surface area contributed by atoms with Crippen molar-refractivity contribution >= 4 is 16.3 Å². The van der Waals surface area contributed by atoms with E-state index in [2.05, 4.69) is 19.0 Å². The summed E-state index contributed by atoms with van der Waals surface area (Å²) in [4.78, 5) is 0.0757. The van der Waals surface area contributed by atoms with Gasteiger partial charge in [0.25, 0.3) is 0 Å². The van der Waals surface area contributed by atoms with Gasteiger partial charge >= 0.3 is 10.1 Å². The highest BCUT2D eigenvalue weighted by Crippen LogP contribution is 2.21. The van der Waals surface area contributed by atoms with Crippen molar-refractivity contribution in [1.82, 2.24) is 0 Å². The fourth-order valence-corrected chi connectivity index (χ4v) is 2.86. The molecule has 0 aliphatic heterocycles. The maximum Gasteiger partial charge on any atom is 0.358 e. The molecule has 2 aromatic carbocycles. The molecule has 6 heteroatoms. The second kappa shape index (κ2) is 7.97. The quantitative estimate of drug-likeness (QED) is 0.562. The van der Waals surface area contributed by atoms with Gasteiger partial charge in [0.05, 0.1) is 13.3 Å². The molecule has 5 nitrogen and oxygen atoms in total. The Morgan fingerprint density at radius 3 is 2.42 bits per heavy atom. The monoisotopic (exact) mass is 347 g/mol. The number of nitrogens with zero attached hydrogens (tertiary/aromatic N) is 1. The zero-order chi connectivity index (χ0) is 17.6.